The normalized spacial score (nSPS) is 15.8. The largest absolute Gasteiger partial charge is 0.439 e. The molecule has 0 amide bonds. The van der Waals surface area contributed by atoms with Gasteiger partial charge in [0.05, 0.1) is 15.4 Å². The second kappa shape index (κ2) is 5.24. The Morgan fingerprint density at radius 1 is 1.15 bits per heavy atom. The zero-order chi connectivity index (χ0) is 14.3. The minimum Gasteiger partial charge on any atom is -0.439 e. The van der Waals surface area contributed by atoms with Crippen LogP contribution in [0.4, 0.5) is 5.88 Å². The standard InChI is InChI=1S/C16H18BrNO2/c1-10-8-12-14(19)11(2)16(18-6-4-3-5-7-18)20-15(12)13(17)9-10/h8-9H,3-7H2,1-2H3. The van der Waals surface area contributed by atoms with E-state index in [0.717, 1.165) is 47.4 Å². The third kappa shape index (κ3) is 2.26. The molecule has 1 saturated heterocycles. The second-order valence-corrected chi connectivity index (χ2v) is 6.39. The first-order chi connectivity index (χ1) is 9.58. The summed E-state index contributed by atoms with van der Waals surface area (Å²) in [5.41, 5.74) is 2.52. The highest BCUT2D eigenvalue weighted by Crippen LogP contribution is 2.30. The summed E-state index contributed by atoms with van der Waals surface area (Å²) in [4.78, 5) is 14.8. The van der Waals surface area contributed by atoms with Gasteiger partial charge in [-0.1, -0.05) is 0 Å². The summed E-state index contributed by atoms with van der Waals surface area (Å²) < 4.78 is 6.93. The first-order valence-corrected chi connectivity index (χ1v) is 7.86. The van der Waals surface area contributed by atoms with Crippen LogP contribution < -0.4 is 10.3 Å². The first-order valence-electron chi connectivity index (χ1n) is 7.06. The SMILES string of the molecule is Cc1cc(Br)c2oc(N3CCCCC3)c(C)c(=O)c2c1. The van der Waals surface area contributed by atoms with Crippen LogP contribution in [0.25, 0.3) is 11.0 Å². The van der Waals surface area contributed by atoms with Gasteiger partial charge in [0.1, 0.15) is 0 Å². The number of halogens is 1. The molecular weight excluding hydrogens is 318 g/mol. The molecule has 1 fully saturated rings. The number of hydrogen-bond acceptors (Lipinski definition) is 3. The smallest absolute Gasteiger partial charge is 0.202 e. The van der Waals surface area contributed by atoms with Crippen LogP contribution in [0.15, 0.2) is 25.8 Å². The Labute approximate surface area is 126 Å². The molecule has 0 spiro atoms. The number of anilines is 1. The van der Waals surface area contributed by atoms with Gasteiger partial charge in [-0.15, -0.1) is 0 Å². The lowest BCUT2D eigenvalue weighted by Crippen LogP contribution is -2.31. The lowest BCUT2D eigenvalue weighted by Gasteiger charge is -2.28. The van der Waals surface area contributed by atoms with Crippen molar-refractivity contribution in [3.63, 3.8) is 0 Å². The van der Waals surface area contributed by atoms with E-state index in [1.54, 1.807) is 0 Å². The molecule has 0 atom stereocenters. The van der Waals surface area contributed by atoms with E-state index >= 15 is 0 Å². The third-order valence-corrected chi connectivity index (χ3v) is 4.53. The zero-order valence-electron chi connectivity index (χ0n) is 11.8. The lowest BCUT2D eigenvalue weighted by molar-refractivity contribution is 0.509. The van der Waals surface area contributed by atoms with Crippen molar-refractivity contribution in [2.24, 2.45) is 0 Å². The number of benzene rings is 1. The van der Waals surface area contributed by atoms with Crippen molar-refractivity contribution in [1.29, 1.82) is 0 Å². The van der Waals surface area contributed by atoms with Crippen molar-refractivity contribution in [2.45, 2.75) is 33.1 Å². The Bertz CT molecular complexity index is 714. The van der Waals surface area contributed by atoms with Gasteiger partial charge >= 0.3 is 0 Å². The summed E-state index contributed by atoms with van der Waals surface area (Å²) in [6.45, 7) is 5.79. The van der Waals surface area contributed by atoms with Crippen LogP contribution in [0.1, 0.15) is 30.4 Å². The van der Waals surface area contributed by atoms with E-state index in [4.69, 9.17) is 4.42 Å². The van der Waals surface area contributed by atoms with Crippen molar-refractivity contribution in [1.82, 2.24) is 0 Å². The topological polar surface area (TPSA) is 33.5 Å². The number of fused-ring (bicyclic) bond motifs is 1. The lowest BCUT2D eigenvalue weighted by atomic mass is 10.1. The minimum absolute atomic E-state index is 0.0798. The summed E-state index contributed by atoms with van der Waals surface area (Å²) >= 11 is 3.51. The molecule has 0 bridgehead atoms. The van der Waals surface area contributed by atoms with Crippen molar-refractivity contribution < 1.29 is 4.42 Å². The van der Waals surface area contributed by atoms with E-state index < -0.39 is 0 Å². The van der Waals surface area contributed by atoms with Crippen LogP contribution in [0.5, 0.6) is 0 Å². The molecule has 3 rings (SSSR count). The molecule has 0 saturated carbocycles. The average molecular weight is 336 g/mol. The molecule has 4 heteroatoms. The van der Waals surface area contributed by atoms with E-state index in [0.29, 0.717) is 11.0 Å². The van der Waals surface area contributed by atoms with Crippen molar-refractivity contribution in [3.8, 4) is 0 Å². The van der Waals surface area contributed by atoms with Crippen LogP contribution in [-0.4, -0.2) is 13.1 Å². The number of nitrogens with zero attached hydrogens (tertiary/aromatic N) is 1. The Balaban J connectivity index is 2.24. The van der Waals surface area contributed by atoms with Crippen LogP contribution in [-0.2, 0) is 0 Å². The third-order valence-electron chi connectivity index (χ3n) is 3.94. The maximum Gasteiger partial charge on any atom is 0.202 e. The first kappa shape index (κ1) is 13.7. The van der Waals surface area contributed by atoms with Crippen molar-refractivity contribution in [2.75, 3.05) is 18.0 Å². The van der Waals surface area contributed by atoms with Gasteiger partial charge in [-0.25, -0.2) is 0 Å². The van der Waals surface area contributed by atoms with E-state index in [9.17, 15) is 4.79 Å². The van der Waals surface area contributed by atoms with Crippen LogP contribution in [0, 0.1) is 13.8 Å². The fourth-order valence-corrected chi connectivity index (χ4v) is 3.53. The Hall–Kier alpha value is -1.29. The molecule has 0 radical (unpaired) electrons. The zero-order valence-corrected chi connectivity index (χ0v) is 13.4. The van der Waals surface area contributed by atoms with Gasteiger partial charge in [0.25, 0.3) is 0 Å². The summed E-state index contributed by atoms with van der Waals surface area (Å²) in [5, 5.41) is 0.662. The van der Waals surface area contributed by atoms with Gasteiger partial charge in [-0.05, 0) is 66.7 Å². The van der Waals surface area contributed by atoms with Crippen LogP contribution in [0.2, 0.25) is 0 Å². The van der Waals surface area contributed by atoms with E-state index in [1.807, 2.05) is 26.0 Å². The Morgan fingerprint density at radius 3 is 2.55 bits per heavy atom. The van der Waals surface area contributed by atoms with Crippen LogP contribution >= 0.6 is 15.9 Å². The van der Waals surface area contributed by atoms with Gasteiger partial charge in [-0.2, -0.15) is 0 Å². The molecule has 1 aromatic heterocycles. The molecule has 1 aliphatic rings. The van der Waals surface area contributed by atoms with E-state index in [2.05, 4.69) is 20.8 Å². The quantitative estimate of drug-likeness (QED) is 0.784. The maximum atomic E-state index is 12.6. The highest BCUT2D eigenvalue weighted by molar-refractivity contribution is 9.10. The molecular formula is C16H18BrNO2. The number of piperidine rings is 1. The molecule has 2 heterocycles. The van der Waals surface area contributed by atoms with Gasteiger partial charge in [0.15, 0.2) is 11.0 Å². The molecule has 20 heavy (non-hydrogen) atoms. The van der Waals surface area contributed by atoms with Gasteiger partial charge < -0.3 is 9.32 Å². The monoisotopic (exact) mass is 335 g/mol. The Morgan fingerprint density at radius 2 is 1.85 bits per heavy atom. The average Bonchev–Trinajstić information content (AvgIpc) is 2.44. The summed E-state index contributed by atoms with van der Waals surface area (Å²) in [6.07, 6.45) is 3.59. The van der Waals surface area contributed by atoms with Gasteiger partial charge in [-0.3, -0.25) is 4.79 Å². The van der Waals surface area contributed by atoms with Crippen molar-refractivity contribution >= 4 is 32.8 Å². The molecule has 3 nitrogen and oxygen atoms in total. The predicted octanol–water partition coefficient (Wildman–Crippen LogP) is 4.16. The van der Waals surface area contributed by atoms with Crippen molar-refractivity contribution in [3.05, 3.63) is 38.0 Å². The molecule has 0 unspecified atom stereocenters. The van der Waals surface area contributed by atoms with E-state index in [1.165, 1.54) is 6.42 Å². The second-order valence-electron chi connectivity index (χ2n) is 5.53. The number of aryl methyl sites for hydroxylation is 1. The maximum absolute atomic E-state index is 12.6. The molecule has 2 aromatic rings. The minimum atomic E-state index is 0.0798. The van der Waals surface area contributed by atoms with Gasteiger partial charge in [0, 0.05) is 13.1 Å². The summed E-state index contributed by atoms with van der Waals surface area (Å²) in [6, 6.07) is 3.89. The fraction of sp³-hybridized carbons (Fsp3) is 0.438. The number of rotatable bonds is 1. The molecule has 1 aromatic carbocycles. The Kier molecular flexibility index (Phi) is 3.59. The molecule has 106 valence electrons. The van der Waals surface area contributed by atoms with Gasteiger partial charge in [0.2, 0.25) is 5.88 Å². The number of hydrogen-bond donors (Lipinski definition) is 0. The predicted molar refractivity (Wildman–Crippen MR) is 85.7 cm³/mol. The highest BCUT2D eigenvalue weighted by atomic mass is 79.9. The summed E-state index contributed by atoms with van der Waals surface area (Å²) in [7, 11) is 0. The van der Waals surface area contributed by atoms with E-state index in [-0.39, 0.29) is 5.43 Å². The highest BCUT2D eigenvalue weighted by Gasteiger charge is 2.20. The molecule has 0 N–H and O–H groups in total. The summed E-state index contributed by atoms with van der Waals surface area (Å²) in [5.74, 6) is 0.742. The fourth-order valence-electron chi connectivity index (χ4n) is 2.87. The molecule has 0 aliphatic carbocycles. The molecule has 1 aliphatic heterocycles. The van der Waals surface area contributed by atoms with Crippen LogP contribution in [0.3, 0.4) is 0 Å².